The van der Waals surface area contributed by atoms with Crippen molar-refractivity contribution < 1.29 is 14.7 Å². The molecule has 192 valence electrons. The maximum Gasteiger partial charge on any atom is 0.326 e. The number of anilines is 1. The number of aromatic nitrogens is 1. The number of hydrogen-bond acceptors (Lipinski definition) is 4. The van der Waals surface area contributed by atoms with E-state index in [0.29, 0.717) is 12.8 Å². The van der Waals surface area contributed by atoms with Gasteiger partial charge in [-0.15, -0.1) is 0 Å². The molecule has 1 unspecified atom stereocenters. The van der Waals surface area contributed by atoms with Crippen molar-refractivity contribution in [2.45, 2.75) is 89.5 Å². The number of pyridine rings is 1. The van der Waals surface area contributed by atoms with Crippen molar-refractivity contribution in [1.29, 1.82) is 0 Å². The minimum absolute atomic E-state index is 0.215. The fourth-order valence-corrected chi connectivity index (χ4v) is 5.31. The minimum Gasteiger partial charge on any atom is -0.480 e. The zero-order chi connectivity index (χ0) is 25.2. The van der Waals surface area contributed by atoms with Gasteiger partial charge in [0.05, 0.1) is 0 Å². The van der Waals surface area contributed by atoms with E-state index in [2.05, 4.69) is 22.8 Å². The molecular weight excluding hydrogens is 450 g/mol. The van der Waals surface area contributed by atoms with Gasteiger partial charge in [0.25, 0.3) is 0 Å². The van der Waals surface area contributed by atoms with Gasteiger partial charge in [0.1, 0.15) is 11.9 Å². The number of hydrogen-bond donors (Lipinski definition) is 3. The summed E-state index contributed by atoms with van der Waals surface area (Å²) in [6.07, 6.45) is 12.3. The molecule has 2 heterocycles. The van der Waals surface area contributed by atoms with Gasteiger partial charge in [-0.2, -0.15) is 0 Å². The third-order valence-electron chi connectivity index (χ3n) is 7.35. The van der Waals surface area contributed by atoms with E-state index in [1.807, 2.05) is 30.3 Å². The zero-order valence-electron chi connectivity index (χ0n) is 21.2. The van der Waals surface area contributed by atoms with E-state index >= 15 is 0 Å². The van der Waals surface area contributed by atoms with E-state index in [-0.39, 0.29) is 5.91 Å². The second-order valence-electron chi connectivity index (χ2n) is 10.0. The zero-order valence-corrected chi connectivity index (χ0v) is 21.2. The molecule has 2 aliphatic rings. The Balaban J connectivity index is 1.20. The maximum atomic E-state index is 13.1. The van der Waals surface area contributed by atoms with E-state index in [0.717, 1.165) is 99.0 Å². The molecule has 0 radical (unpaired) electrons. The molecule has 1 aliphatic heterocycles. The Morgan fingerprint density at radius 1 is 0.917 bits per heavy atom. The fourth-order valence-electron chi connectivity index (χ4n) is 5.31. The third-order valence-corrected chi connectivity index (χ3v) is 7.35. The van der Waals surface area contributed by atoms with Crippen LogP contribution in [0, 0.1) is 0 Å². The van der Waals surface area contributed by atoms with Crippen LogP contribution in [0.5, 0.6) is 0 Å². The van der Waals surface area contributed by atoms with Crippen LogP contribution in [0.2, 0.25) is 0 Å². The number of aryl methyl sites for hydroxylation is 2. The van der Waals surface area contributed by atoms with Crippen LogP contribution in [0.25, 0.3) is 5.57 Å². The quantitative estimate of drug-likeness (QED) is 0.322. The fraction of sp³-hybridized carbons (Fsp3) is 0.500. The van der Waals surface area contributed by atoms with Crippen LogP contribution < -0.4 is 10.6 Å². The van der Waals surface area contributed by atoms with Gasteiger partial charge in [-0.3, -0.25) is 4.79 Å². The van der Waals surface area contributed by atoms with Crippen LogP contribution in [0.3, 0.4) is 0 Å². The summed E-state index contributed by atoms with van der Waals surface area (Å²) < 4.78 is 0. The van der Waals surface area contributed by atoms with Gasteiger partial charge < -0.3 is 15.7 Å². The molecule has 4 rings (SSSR count). The molecule has 1 aromatic carbocycles. The van der Waals surface area contributed by atoms with Gasteiger partial charge in [-0.1, -0.05) is 62.1 Å². The highest BCUT2D eigenvalue weighted by Gasteiger charge is 2.25. The first kappa shape index (κ1) is 25.9. The van der Waals surface area contributed by atoms with Gasteiger partial charge in [0.2, 0.25) is 5.91 Å². The first-order valence-electron chi connectivity index (χ1n) is 13.7. The monoisotopic (exact) mass is 489 g/mol. The molecule has 1 aromatic heterocycles. The predicted molar refractivity (Wildman–Crippen MR) is 144 cm³/mol. The SMILES string of the molecule is O=C(NC(CCCCCCCc1ccc2c(n1)NCCC2)C(=O)O)C1=C(c2ccccc2)CCCC1. The first-order valence-corrected chi connectivity index (χ1v) is 13.7. The molecule has 0 saturated heterocycles. The largest absolute Gasteiger partial charge is 0.480 e. The number of carboxylic acids is 1. The van der Waals surface area contributed by atoms with Crippen LogP contribution in [0.1, 0.15) is 87.4 Å². The maximum absolute atomic E-state index is 13.1. The number of allylic oxidation sites excluding steroid dienone is 1. The van der Waals surface area contributed by atoms with Crippen LogP contribution in [-0.4, -0.2) is 34.6 Å². The number of aliphatic carboxylic acids is 1. The lowest BCUT2D eigenvalue weighted by molar-refractivity contribution is -0.141. The average Bonchev–Trinajstić information content (AvgIpc) is 2.92. The topological polar surface area (TPSA) is 91.3 Å². The number of nitrogens with zero attached hydrogens (tertiary/aromatic N) is 1. The normalized spacial score (nSPS) is 16.1. The van der Waals surface area contributed by atoms with Gasteiger partial charge in [0.15, 0.2) is 0 Å². The van der Waals surface area contributed by atoms with Crippen molar-refractivity contribution in [3.8, 4) is 0 Å². The smallest absolute Gasteiger partial charge is 0.326 e. The minimum atomic E-state index is -0.951. The standard InChI is InChI=1S/C30H39N3O3/c34-29(26-17-10-9-16-25(26)22-12-5-4-6-13-22)33-27(30(35)36)18-8-3-1-2-7-15-24-20-19-23-14-11-21-31-28(23)32-24/h4-6,12-13,19-20,27H,1-3,7-11,14-18,21H2,(H,31,32)(H,33,34)(H,35,36). The Labute approximate surface area is 214 Å². The Morgan fingerprint density at radius 3 is 2.53 bits per heavy atom. The number of fused-ring (bicyclic) bond motifs is 1. The average molecular weight is 490 g/mol. The molecule has 0 fully saturated rings. The summed E-state index contributed by atoms with van der Waals surface area (Å²) in [6.45, 7) is 1.01. The number of carbonyl (C=O) groups is 2. The van der Waals surface area contributed by atoms with Crippen molar-refractivity contribution in [2.24, 2.45) is 0 Å². The number of amides is 1. The molecule has 36 heavy (non-hydrogen) atoms. The summed E-state index contributed by atoms with van der Waals surface area (Å²) in [5.74, 6) is -0.110. The summed E-state index contributed by atoms with van der Waals surface area (Å²) in [6, 6.07) is 13.5. The van der Waals surface area contributed by atoms with E-state index in [9.17, 15) is 14.7 Å². The van der Waals surface area contributed by atoms with E-state index in [1.165, 1.54) is 12.0 Å². The number of unbranched alkanes of at least 4 members (excludes halogenated alkanes) is 4. The molecule has 1 aliphatic carbocycles. The van der Waals surface area contributed by atoms with Gasteiger partial charge in [0, 0.05) is 17.8 Å². The van der Waals surface area contributed by atoms with Crippen LogP contribution in [0.4, 0.5) is 5.82 Å². The molecule has 1 atom stereocenters. The Morgan fingerprint density at radius 2 is 1.69 bits per heavy atom. The molecule has 2 aromatic rings. The summed E-state index contributed by atoms with van der Waals surface area (Å²) in [7, 11) is 0. The number of benzene rings is 1. The number of carbonyl (C=O) groups excluding carboxylic acids is 1. The van der Waals surface area contributed by atoms with Crippen molar-refractivity contribution in [3.05, 3.63) is 64.9 Å². The summed E-state index contributed by atoms with van der Waals surface area (Å²) in [5, 5.41) is 15.9. The van der Waals surface area contributed by atoms with Gasteiger partial charge in [-0.25, -0.2) is 9.78 Å². The van der Waals surface area contributed by atoms with Crippen molar-refractivity contribution in [1.82, 2.24) is 10.3 Å². The van der Waals surface area contributed by atoms with Crippen molar-refractivity contribution in [2.75, 3.05) is 11.9 Å². The highest BCUT2D eigenvalue weighted by atomic mass is 16.4. The highest BCUT2D eigenvalue weighted by Crippen LogP contribution is 2.32. The Hall–Kier alpha value is -3.15. The molecule has 0 spiro atoms. The lowest BCUT2D eigenvalue weighted by atomic mass is 9.86. The Kier molecular flexibility index (Phi) is 9.54. The second kappa shape index (κ2) is 13.2. The van der Waals surface area contributed by atoms with Crippen LogP contribution in [-0.2, 0) is 22.4 Å². The number of carboxylic acid groups (broad SMARTS) is 1. The van der Waals surface area contributed by atoms with Crippen molar-refractivity contribution >= 4 is 23.3 Å². The van der Waals surface area contributed by atoms with E-state index in [4.69, 9.17) is 4.98 Å². The molecule has 3 N–H and O–H groups in total. The molecule has 0 bridgehead atoms. The molecule has 6 nitrogen and oxygen atoms in total. The number of nitrogens with one attached hydrogen (secondary N) is 2. The van der Waals surface area contributed by atoms with Crippen LogP contribution in [0.15, 0.2) is 48.0 Å². The summed E-state index contributed by atoms with van der Waals surface area (Å²) in [5.41, 5.74) is 5.35. The third kappa shape index (κ3) is 7.19. The van der Waals surface area contributed by atoms with E-state index in [1.54, 1.807) is 0 Å². The summed E-state index contributed by atoms with van der Waals surface area (Å²) >= 11 is 0. The Bertz CT molecular complexity index is 1060. The number of rotatable bonds is 12. The van der Waals surface area contributed by atoms with Gasteiger partial charge >= 0.3 is 5.97 Å². The molecular formula is C30H39N3O3. The molecule has 1 amide bonds. The van der Waals surface area contributed by atoms with Crippen LogP contribution >= 0.6 is 0 Å². The second-order valence-corrected chi connectivity index (χ2v) is 10.0. The molecule has 0 saturated carbocycles. The highest BCUT2D eigenvalue weighted by molar-refractivity contribution is 6.02. The lowest BCUT2D eigenvalue weighted by Gasteiger charge is -2.22. The van der Waals surface area contributed by atoms with Crippen molar-refractivity contribution in [3.63, 3.8) is 0 Å². The molecule has 6 heteroatoms. The van der Waals surface area contributed by atoms with Gasteiger partial charge in [-0.05, 0) is 80.6 Å². The first-order chi connectivity index (χ1) is 17.6. The van der Waals surface area contributed by atoms with E-state index < -0.39 is 12.0 Å². The summed E-state index contributed by atoms with van der Waals surface area (Å²) in [4.78, 5) is 29.7. The predicted octanol–water partition coefficient (Wildman–Crippen LogP) is 5.92. The lowest BCUT2D eigenvalue weighted by Crippen LogP contribution is -2.41.